The molecule has 0 unspecified atom stereocenters. The molecular formula is C18H13ClN4O5. The minimum absolute atomic E-state index is 0.0426. The lowest BCUT2D eigenvalue weighted by atomic mass is 10.2. The molecule has 0 atom stereocenters. The first-order valence-corrected chi connectivity index (χ1v) is 8.33. The van der Waals surface area contributed by atoms with Gasteiger partial charge in [0.05, 0.1) is 16.2 Å². The molecule has 3 aromatic rings. The minimum Gasteiger partial charge on any atom is -0.452 e. The molecule has 0 aliphatic rings. The number of anilines is 1. The van der Waals surface area contributed by atoms with E-state index in [1.54, 1.807) is 47.4 Å². The van der Waals surface area contributed by atoms with Crippen LogP contribution >= 0.6 is 11.6 Å². The number of hydrogen-bond acceptors (Lipinski definition) is 6. The van der Waals surface area contributed by atoms with Crippen molar-refractivity contribution in [1.82, 2.24) is 9.78 Å². The van der Waals surface area contributed by atoms with E-state index in [1.807, 2.05) is 0 Å². The second kappa shape index (κ2) is 8.31. The van der Waals surface area contributed by atoms with Crippen LogP contribution in [0.4, 0.5) is 11.4 Å². The van der Waals surface area contributed by atoms with E-state index in [-0.39, 0.29) is 22.0 Å². The number of carbonyl (C=O) groups is 2. The van der Waals surface area contributed by atoms with Crippen LogP contribution in [0.3, 0.4) is 0 Å². The van der Waals surface area contributed by atoms with Crippen molar-refractivity contribution < 1.29 is 19.2 Å². The van der Waals surface area contributed by atoms with Gasteiger partial charge in [0.2, 0.25) is 0 Å². The Morgan fingerprint density at radius 1 is 1.21 bits per heavy atom. The van der Waals surface area contributed by atoms with Crippen LogP contribution in [-0.4, -0.2) is 33.2 Å². The molecular weight excluding hydrogens is 388 g/mol. The van der Waals surface area contributed by atoms with Crippen LogP contribution in [0.2, 0.25) is 5.02 Å². The van der Waals surface area contributed by atoms with Crippen LogP contribution in [0.25, 0.3) is 5.69 Å². The first-order chi connectivity index (χ1) is 13.4. The Kier molecular flexibility index (Phi) is 5.66. The van der Waals surface area contributed by atoms with Gasteiger partial charge in [-0.25, -0.2) is 9.48 Å². The van der Waals surface area contributed by atoms with Gasteiger partial charge in [0.25, 0.3) is 11.6 Å². The molecule has 0 radical (unpaired) electrons. The Labute approximate surface area is 163 Å². The fourth-order valence-electron chi connectivity index (χ4n) is 2.33. The quantitative estimate of drug-likeness (QED) is 0.385. The summed E-state index contributed by atoms with van der Waals surface area (Å²) in [6, 6.07) is 12.0. The number of nitro benzene ring substituents is 1. The first-order valence-electron chi connectivity index (χ1n) is 7.95. The van der Waals surface area contributed by atoms with Crippen LogP contribution in [-0.2, 0) is 9.53 Å². The van der Waals surface area contributed by atoms with E-state index in [1.165, 1.54) is 12.1 Å². The summed E-state index contributed by atoms with van der Waals surface area (Å²) in [5.41, 5.74) is 0.607. The highest BCUT2D eigenvalue weighted by Crippen LogP contribution is 2.27. The van der Waals surface area contributed by atoms with Crippen molar-refractivity contribution in [3.8, 4) is 5.69 Å². The summed E-state index contributed by atoms with van der Waals surface area (Å²) in [6.45, 7) is -0.598. The van der Waals surface area contributed by atoms with Gasteiger partial charge >= 0.3 is 5.97 Å². The molecule has 0 aliphatic carbocycles. The average Bonchev–Trinajstić information content (AvgIpc) is 3.22. The van der Waals surface area contributed by atoms with Gasteiger partial charge in [0.1, 0.15) is 5.69 Å². The van der Waals surface area contributed by atoms with Crippen molar-refractivity contribution >= 4 is 34.9 Å². The highest BCUT2D eigenvalue weighted by molar-refractivity contribution is 6.31. The number of aromatic nitrogens is 2. The third-order valence-corrected chi connectivity index (χ3v) is 3.87. The molecule has 1 heterocycles. The van der Waals surface area contributed by atoms with Gasteiger partial charge in [0, 0.05) is 23.5 Å². The Morgan fingerprint density at radius 3 is 2.61 bits per heavy atom. The average molecular weight is 401 g/mol. The molecule has 1 amide bonds. The minimum atomic E-state index is -0.716. The Bertz CT molecular complexity index is 1020. The Balaban J connectivity index is 1.59. The standard InChI is InChI=1S/C18H13ClN4O5/c19-13-4-7-15(16(10-13)23(26)27)21-17(24)11-28-18(25)12-2-5-14(6-3-12)22-9-1-8-20-22/h1-10H,11H2,(H,21,24). The molecule has 0 fully saturated rings. The summed E-state index contributed by atoms with van der Waals surface area (Å²) in [6.07, 6.45) is 3.39. The number of nitrogens with zero attached hydrogens (tertiary/aromatic N) is 3. The monoisotopic (exact) mass is 400 g/mol. The van der Waals surface area contributed by atoms with Crippen molar-refractivity contribution in [3.05, 3.63) is 81.6 Å². The van der Waals surface area contributed by atoms with Gasteiger partial charge in [-0.3, -0.25) is 14.9 Å². The summed E-state index contributed by atoms with van der Waals surface area (Å²) < 4.78 is 6.57. The maximum atomic E-state index is 12.1. The largest absolute Gasteiger partial charge is 0.452 e. The second-order valence-corrected chi connectivity index (χ2v) is 5.98. The highest BCUT2D eigenvalue weighted by atomic mass is 35.5. The third kappa shape index (κ3) is 4.51. The van der Waals surface area contributed by atoms with Crippen molar-refractivity contribution in [2.45, 2.75) is 0 Å². The zero-order chi connectivity index (χ0) is 20.1. The molecule has 2 aromatic carbocycles. The Morgan fingerprint density at radius 2 is 1.96 bits per heavy atom. The van der Waals surface area contributed by atoms with Crippen LogP contribution in [0.15, 0.2) is 60.9 Å². The lowest BCUT2D eigenvalue weighted by Crippen LogP contribution is -2.21. The van der Waals surface area contributed by atoms with E-state index in [9.17, 15) is 19.7 Å². The van der Waals surface area contributed by atoms with E-state index in [4.69, 9.17) is 16.3 Å². The maximum absolute atomic E-state index is 12.1. The van der Waals surface area contributed by atoms with Gasteiger partial charge in [0.15, 0.2) is 6.61 Å². The van der Waals surface area contributed by atoms with E-state index in [0.29, 0.717) is 0 Å². The lowest BCUT2D eigenvalue weighted by molar-refractivity contribution is -0.383. The highest BCUT2D eigenvalue weighted by Gasteiger charge is 2.17. The molecule has 1 N–H and O–H groups in total. The zero-order valence-corrected chi connectivity index (χ0v) is 15.0. The van der Waals surface area contributed by atoms with Gasteiger partial charge < -0.3 is 10.1 Å². The summed E-state index contributed by atoms with van der Waals surface area (Å²) >= 11 is 5.72. The summed E-state index contributed by atoms with van der Waals surface area (Å²) in [4.78, 5) is 34.4. The molecule has 0 saturated carbocycles. The summed E-state index contributed by atoms with van der Waals surface area (Å²) in [7, 11) is 0. The number of nitrogens with one attached hydrogen (secondary N) is 1. The normalized spacial score (nSPS) is 10.3. The second-order valence-electron chi connectivity index (χ2n) is 5.54. The molecule has 1 aromatic heterocycles. The third-order valence-electron chi connectivity index (χ3n) is 3.64. The molecule has 28 heavy (non-hydrogen) atoms. The number of halogens is 1. The predicted molar refractivity (Wildman–Crippen MR) is 101 cm³/mol. The SMILES string of the molecule is O=C(COC(=O)c1ccc(-n2cccn2)cc1)Nc1ccc(Cl)cc1[N+](=O)[O-]. The molecule has 3 rings (SSSR count). The summed E-state index contributed by atoms with van der Waals surface area (Å²) in [5, 5.41) is 17.6. The number of ether oxygens (including phenoxy) is 1. The van der Waals surface area contributed by atoms with Gasteiger partial charge in [-0.1, -0.05) is 11.6 Å². The predicted octanol–water partition coefficient (Wildman–Crippen LogP) is 3.23. The smallest absolute Gasteiger partial charge is 0.338 e. The van der Waals surface area contributed by atoms with E-state index in [2.05, 4.69) is 10.4 Å². The van der Waals surface area contributed by atoms with Crippen molar-refractivity contribution in [2.75, 3.05) is 11.9 Å². The molecule has 0 aliphatic heterocycles. The molecule has 10 heteroatoms. The first kappa shape index (κ1) is 19.1. The number of benzene rings is 2. The number of rotatable bonds is 6. The van der Waals surface area contributed by atoms with Crippen molar-refractivity contribution in [2.24, 2.45) is 0 Å². The zero-order valence-electron chi connectivity index (χ0n) is 14.2. The molecule has 142 valence electrons. The molecule has 0 bridgehead atoms. The van der Waals surface area contributed by atoms with Crippen molar-refractivity contribution in [3.63, 3.8) is 0 Å². The number of nitro groups is 1. The van der Waals surface area contributed by atoms with E-state index >= 15 is 0 Å². The van der Waals surface area contributed by atoms with Crippen LogP contribution in [0.5, 0.6) is 0 Å². The fourth-order valence-corrected chi connectivity index (χ4v) is 2.50. The number of amides is 1. The lowest BCUT2D eigenvalue weighted by Gasteiger charge is -2.08. The van der Waals surface area contributed by atoms with Crippen LogP contribution in [0, 0.1) is 10.1 Å². The fraction of sp³-hybridized carbons (Fsp3) is 0.0556. The number of hydrogen-bond donors (Lipinski definition) is 1. The molecule has 0 spiro atoms. The van der Waals surface area contributed by atoms with E-state index < -0.39 is 23.4 Å². The summed E-state index contributed by atoms with van der Waals surface area (Å²) in [5.74, 6) is -1.42. The van der Waals surface area contributed by atoms with E-state index in [0.717, 1.165) is 11.8 Å². The maximum Gasteiger partial charge on any atom is 0.338 e. The molecule has 9 nitrogen and oxygen atoms in total. The van der Waals surface area contributed by atoms with Crippen LogP contribution in [0.1, 0.15) is 10.4 Å². The van der Waals surface area contributed by atoms with Gasteiger partial charge in [-0.15, -0.1) is 0 Å². The van der Waals surface area contributed by atoms with Crippen molar-refractivity contribution in [1.29, 1.82) is 0 Å². The van der Waals surface area contributed by atoms with Crippen LogP contribution < -0.4 is 5.32 Å². The Hall–Kier alpha value is -3.72. The van der Waals surface area contributed by atoms with Gasteiger partial charge in [-0.05, 0) is 42.5 Å². The number of esters is 1. The van der Waals surface area contributed by atoms with Gasteiger partial charge in [-0.2, -0.15) is 5.10 Å². The molecule has 0 saturated heterocycles. The number of carbonyl (C=O) groups excluding carboxylic acids is 2. The topological polar surface area (TPSA) is 116 Å².